The number of fused-ring (bicyclic) bond motifs is 1. The maximum absolute atomic E-state index is 10.6. The van der Waals surface area contributed by atoms with E-state index in [2.05, 4.69) is 32.6 Å². The van der Waals surface area contributed by atoms with Crippen LogP contribution in [0.25, 0.3) is 11.0 Å². The Bertz CT molecular complexity index is 478. The van der Waals surface area contributed by atoms with Crippen molar-refractivity contribution < 1.29 is 9.90 Å². The zero-order valence-electron chi connectivity index (χ0n) is 6.41. The molecule has 0 aliphatic rings. The zero-order valence-corrected chi connectivity index (χ0v) is 8.57. The van der Waals surface area contributed by atoms with Gasteiger partial charge in [-0.15, -0.1) is 0 Å². The quantitative estimate of drug-likeness (QED) is 0.787. The van der Waals surface area contributed by atoms with Gasteiger partial charge in [0.1, 0.15) is 5.65 Å². The molecule has 2 heterocycles. The highest BCUT2D eigenvalue weighted by atomic mass is 127. The van der Waals surface area contributed by atoms with Crippen molar-refractivity contribution in [2.24, 2.45) is 0 Å². The Kier molecular flexibility index (Phi) is 1.95. The lowest BCUT2D eigenvalue weighted by atomic mass is 10.2. The third-order valence-electron chi connectivity index (χ3n) is 1.73. The van der Waals surface area contributed by atoms with Gasteiger partial charge >= 0.3 is 5.97 Å². The molecule has 0 spiro atoms. The van der Waals surface area contributed by atoms with E-state index >= 15 is 0 Å². The van der Waals surface area contributed by atoms with E-state index in [-0.39, 0.29) is 5.56 Å². The van der Waals surface area contributed by atoms with Gasteiger partial charge in [-0.05, 0) is 28.7 Å². The number of aromatic nitrogens is 2. The maximum atomic E-state index is 10.6. The summed E-state index contributed by atoms with van der Waals surface area (Å²) in [7, 11) is 0. The molecule has 4 nitrogen and oxygen atoms in total. The van der Waals surface area contributed by atoms with Gasteiger partial charge in [0.25, 0.3) is 0 Å². The van der Waals surface area contributed by atoms with Gasteiger partial charge in [-0.3, -0.25) is 0 Å². The predicted octanol–water partition coefficient (Wildman–Crippen LogP) is 1.87. The highest BCUT2D eigenvalue weighted by molar-refractivity contribution is 14.1. The minimum absolute atomic E-state index is 0.213. The van der Waals surface area contributed by atoms with Crippen LogP contribution in [0.5, 0.6) is 0 Å². The normalized spacial score (nSPS) is 10.5. The molecule has 0 aromatic carbocycles. The second-order valence-corrected chi connectivity index (χ2v) is 3.72. The lowest BCUT2D eigenvalue weighted by molar-refractivity contribution is 0.0696. The van der Waals surface area contributed by atoms with Gasteiger partial charge in [-0.2, -0.15) is 0 Å². The van der Waals surface area contributed by atoms with Crippen molar-refractivity contribution in [2.75, 3.05) is 0 Å². The van der Waals surface area contributed by atoms with Crippen molar-refractivity contribution in [3.63, 3.8) is 0 Å². The number of nitrogens with zero attached hydrogens (tertiary/aromatic N) is 1. The van der Waals surface area contributed by atoms with Crippen LogP contribution in [0.15, 0.2) is 18.5 Å². The van der Waals surface area contributed by atoms with Crippen molar-refractivity contribution in [2.45, 2.75) is 0 Å². The van der Waals surface area contributed by atoms with Crippen LogP contribution in [0.4, 0.5) is 0 Å². The number of pyridine rings is 1. The minimum Gasteiger partial charge on any atom is -0.478 e. The largest absolute Gasteiger partial charge is 0.478 e. The summed E-state index contributed by atoms with van der Waals surface area (Å²) in [5.41, 5.74) is 0.930. The van der Waals surface area contributed by atoms with Gasteiger partial charge in [0.15, 0.2) is 0 Å². The minimum atomic E-state index is -0.952. The van der Waals surface area contributed by atoms with Gasteiger partial charge in [0, 0.05) is 21.4 Å². The van der Waals surface area contributed by atoms with Gasteiger partial charge in [-0.1, -0.05) is 0 Å². The average Bonchev–Trinajstić information content (AvgIpc) is 2.47. The van der Waals surface area contributed by atoms with Crippen LogP contribution in [-0.4, -0.2) is 21.0 Å². The molecule has 0 bridgehead atoms. The number of halogens is 1. The van der Waals surface area contributed by atoms with Crippen LogP contribution >= 0.6 is 22.6 Å². The van der Waals surface area contributed by atoms with Crippen LogP contribution in [0.2, 0.25) is 0 Å². The molecule has 0 unspecified atom stereocenters. The molecule has 2 N–H and O–H groups in total. The molecule has 0 saturated carbocycles. The number of carboxylic acid groups (broad SMARTS) is 1. The van der Waals surface area contributed by atoms with Gasteiger partial charge < -0.3 is 10.1 Å². The van der Waals surface area contributed by atoms with E-state index in [0.29, 0.717) is 0 Å². The number of carbonyl (C=O) groups is 1. The molecule has 0 radical (unpaired) electrons. The first-order chi connectivity index (χ1) is 6.18. The van der Waals surface area contributed by atoms with E-state index in [0.717, 1.165) is 14.6 Å². The third kappa shape index (κ3) is 1.39. The van der Waals surface area contributed by atoms with Crippen molar-refractivity contribution in [3.05, 3.63) is 27.6 Å². The van der Waals surface area contributed by atoms with Crippen LogP contribution in [-0.2, 0) is 0 Å². The molecule has 2 aromatic heterocycles. The summed E-state index contributed by atoms with van der Waals surface area (Å²) >= 11 is 2.13. The van der Waals surface area contributed by atoms with Crippen LogP contribution in [0.1, 0.15) is 10.4 Å². The summed E-state index contributed by atoms with van der Waals surface area (Å²) < 4.78 is 0.975. The summed E-state index contributed by atoms with van der Waals surface area (Å²) in [5, 5.41) is 9.57. The lowest BCUT2D eigenvalue weighted by Gasteiger charge is -1.93. The number of aromatic amines is 1. The van der Waals surface area contributed by atoms with Crippen molar-refractivity contribution in [1.29, 1.82) is 0 Å². The van der Waals surface area contributed by atoms with Crippen LogP contribution < -0.4 is 0 Å². The number of hydrogen-bond acceptors (Lipinski definition) is 2. The van der Waals surface area contributed by atoms with Gasteiger partial charge in [-0.25, -0.2) is 9.78 Å². The number of carboxylic acids is 1. The number of aromatic carboxylic acids is 1. The Labute approximate surface area is 87.1 Å². The first kappa shape index (κ1) is 8.49. The topological polar surface area (TPSA) is 66.0 Å². The molecule has 0 aliphatic carbocycles. The van der Waals surface area contributed by atoms with E-state index in [1.165, 1.54) is 6.20 Å². The monoisotopic (exact) mass is 288 g/mol. The molecule has 0 amide bonds. The third-order valence-corrected chi connectivity index (χ3v) is 2.62. The first-order valence-electron chi connectivity index (χ1n) is 3.54. The molecule has 2 aromatic rings. The lowest BCUT2D eigenvalue weighted by Crippen LogP contribution is -1.96. The van der Waals surface area contributed by atoms with E-state index < -0.39 is 5.97 Å². The maximum Gasteiger partial charge on any atom is 0.337 e. The summed E-state index contributed by atoms with van der Waals surface area (Å²) in [4.78, 5) is 17.5. The van der Waals surface area contributed by atoms with Crippen molar-refractivity contribution >= 4 is 39.6 Å². The number of hydrogen-bond donors (Lipinski definition) is 2. The standard InChI is InChI=1S/C8H5IN2O2/c9-6-3-11-7-5(6)1-4(2-10-7)8(12)13/h1-3H,(H,10,11)(H,12,13). The molecular formula is C8H5IN2O2. The number of H-pyrrole nitrogens is 1. The molecule has 5 heteroatoms. The highest BCUT2D eigenvalue weighted by Crippen LogP contribution is 2.18. The average molecular weight is 288 g/mol. The van der Waals surface area contributed by atoms with Gasteiger partial charge in [0.05, 0.1) is 5.56 Å². The molecule has 0 atom stereocenters. The van der Waals surface area contributed by atoms with Gasteiger partial charge in [0.2, 0.25) is 0 Å². The molecule has 0 fully saturated rings. The Hall–Kier alpha value is -1.11. The fraction of sp³-hybridized carbons (Fsp3) is 0. The Balaban J connectivity index is 2.72. The summed E-state index contributed by atoms with van der Waals surface area (Å²) in [6.07, 6.45) is 3.14. The zero-order chi connectivity index (χ0) is 9.42. The van der Waals surface area contributed by atoms with E-state index in [9.17, 15) is 4.79 Å². The molecule has 2 rings (SSSR count). The molecule has 66 valence electrons. The summed E-state index contributed by atoms with van der Waals surface area (Å²) in [6.45, 7) is 0. The SMILES string of the molecule is O=C(O)c1cnc2[nH]cc(I)c2c1. The van der Waals surface area contributed by atoms with E-state index in [1.54, 1.807) is 12.3 Å². The Morgan fingerprint density at radius 1 is 1.62 bits per heavy atom. The smallest absolute Gasteiger partial charge is 0.337 e. The number of nitrogens with one attached hydrogen (secondary N) is 1. The fourth-order valence-electron chi connectivity index (χ4n) is 1.09. The fourth-order valence-corrected chi connectivity index (χ4v) is 1.66. The first-order valence-corrected chi connectivity index (χ1v) is 4.62. The molecule has 13 heavy (non-hydrogen) atoms. The second kappa shape index (κ2) is 2.99. The highest BCUT2D eigenvalue weighted by Gasteiger charge is 2.07. The van der Waals surface area contributed by atoms with Crippen LogP contribution in [0.3, 0.4) is 0 Å². The number of rotatable bonds is 1. The van der Waals surface area contributed by atoms with Crippen LogP contribution in [0, 0.1) is 3.57 Å². The molecule has 0 aliphatic heterocycles. The predicted molar refractivity (Wildman–Crippen MR) is 55.8 cm³/mol. The Morgan fingerprint density at radius 3 is 3.08 bits per heavy atom. The van der Waals surface area contributed by atoms with Crippen molar-refractivity contribution in [1.82, 2.24) is 9.97 Å². The van der Waals surface area contributed by atoms with E-state index in [1.807, 2.05) is 0 Å². The summed E-state index contributed by atoms with van der Waals surface area (Å²) in [6, 6.07) is 1.61. The molecule has 0 saturated heterocycles. The van der Waals surface area contributed by atoms with Crippen molar-refractivity contribution in [3.8, 4) is 0 Å². The summed E-state index contributed by atoms with van der Waals surface area (Å²) in [5.74, 6) is -0.952. The second-order valence-electron chi connectivity index (χ2n) is 2.56. The Morgan fingerprint density at radius 2 is 2.38 bits per heavy atom. The van der Waals surface area contributed by atoms with E-state index in [4.69, 9.17) is 5.11 Å². The molecular weight excluding hydrogens is 283 g/mol.